The van der Waals surface area contributed by atoms with Crippen molar-refractivity contribution in [3.05, 3.63) is 63.2 Å². The van der Waals surface area contributed by atoms with Crippen LogP contribution in [0.1, 0.15) is 62.8 Å². The van der Waals surface area contributed by atoms with Crippen molar-refractivity contribution in [3.8, 4) is 28.5 Å². The fourth-order valence-corrected chi connectivity index (χ4v) is 5.06. The number of fused-ring (bicyclic) bond motifs is 1. The van der Waals surface area contributed by atoms with Crippen LogP contribution in [0.3, 0.4) is 0 Å². The highest BCUT2D eigenvalue weighted by molar-refractivity contribution is 5.78. The van der Waals surface area contributed by atoms with E-state index in [0.29, 0.717) is 18.0 Å². The van der Waals surface area contributed by atoms with Crippen molar-refractivity contribution in [2.45, 2.75) is 64.8 Å². The van der Waals surface area contributed by atoms with Gasteiger partial charge in [0.2, 0.25) is 5.88 Å². The zero-order valence-electron chi connectivity index (χ0n) is 20.6. The van der Waals surface area contributed by atoms with E-state index in [0.717, 1.165) is 29.5 Å². The Morgan fingerprint density at radius 1 is 0.970 bits per heavy atom. The minimum Gasteiger partial charge on any atom is -0.493 e. The van der Waals surface area contributed by atoms with Gasteiger partial charge in [-0.25, -0.2) is 4.79 Å². The van der Waals surface area contributed by atoms with Gasteiger partial charge < -0.3 is 14.6 Å². The SMILES string of the molecule is COc1cc(Cn2cc(O)[nH]c2=O)cc(-c2cc3c(cc2C)C(C)(C)CCC3(C)C)c1OC. The lowest BCUT2D eigenvalue weighted by Gasteiger charge is -2.42. The fourth-order valence-electron chi connectivity index (χ4n) is 5.06. The summed E-state index contributed by atoms with van der Waals surface area (Å²) in [6.45, 7) is 11.7. The molecule has 0 aliphatic heterocycles. The van der Waals surface area contributed by atoms with E-state index in [2.05, 4.69) is 51.7 Å². The van der Waals surface area contributed by atoms with E-state index in [4.69, 9.17) is 9.47 Å². The van der Waals surface area contributed by atoms with Crippen LogP contribution in [0.15, 0.2) is 35.3 Å². The molecule has 33 heavy (non-hydrogen) atoms. The van der Waals surface area contributed by atoms with E-state index >= 15 is 0 Å². The second-order valence-corrected chi connectivity index (χ2v) is 10.4. The molecule has 0 atom stereocenters. The molecule has 0 fully saturated rings. The van der Waals surface area contributed by atoms with Gasteiger partial charge in [0.05, 0.1) is 27.0 Å². The van der Waals surface area contributed by atoms with Gasteiger partial charge in [0.1, 0.15) is 0 Å². The molecule has 1 heterocycles. The van der Waals surface area contributed by atoms with Gasteiger partial charge in [-0.2, -0.15) is 0 Å². The average molecular weight is 451 g/mol. The van der Waals surface area contributed by atoms with Crippen LogP contribution in [-0.4, -0.2) is 28.9 Å². The van der Waals surface area contributed by atoms with Gasteiger partial charge in [0.25, 0.3) is 0 Å². The second-order valence-electron chi connectivity index (χ2n) is 10.4. The topological polar surface area (TPSA) is 76.5 Å². The van der Waals surface area contributed by atoms with Crippen LogP contribution in [0, 0.1) is 6.92 Å². The Bertz CT molecular complexity index is 1260. The molecule has 0 unspecified atom stereocenters. The third kappa shape index (κ3) is 4.03. The molecule has 0 spiro atoms. The molecule has 2 N–H and O–H groups in total. The summed E-state index contributed by atoms with van der Waals surface area (Å²) >= 11 is 0. The van der Waals surface area contributed by atoms with E-state index in [-0.39, 0.29) is 22.4 Å². The van der Waals surface area contributed by atoms with Crippen LogP contribution in [0.25, 0.3) is 11.1 Å². The number of aryl methyl sites for hydroxylation is 1. The molecule has 3 aromatic rings. The zero-order valence-corrected chi connectivity index (χ0v) is 20.6. The highest BCUT2D eigenvalue weighted by Gasteiger charge is 2.37. The van der Waals surface area contributed by atoms with Gasteiger partial charge in [-0.05, 0) is 76.6 Å². The maximum atomic E-state index is 12.1. The average Bonchev–Trinajstić information content (AvgIpc) is 3.07. The van der Waals surface area contributed by atoms with Gasteiger partial charge in [0, 0.05) is 5.56 Å². The number of nitrogens with zero attached hydrogens (tertiary/aromatic N) is 1. The molecule has 0 bridgehead atoms. The Kier molecular flexibility index (Phi) is 5.59. The lowest BCUT2D eigenvalue weighted by molar-refractivity contribution is 0.332. The summed E-state index contributed by atoms with van der Waals surface area (Å²) < 4.78 is 12.9. The van der Waals surface area contributed by atoms with E-state index in [1.165, 1.54) is 27.5 Å². The van der Waals surface area contributed by atoms with E-state index < -0.39 is 0 Å². The number of H-pyrrole nitrogens is 1. The van der Waals surface area contributed by atoms with E-state index in [1.807, 2.05) is 12.1 Å². The molecule has 0 saturated carbocycles. The molecule has 176 valence electrons. The summed E-state index contributed by atoms with van der Waals surface area (Å²) in [6.07, 6.45) is 3.69. The number of nitrogens with one attached hydrogen (secondary N) is 1. The number of aromatic amines is 1. The van der Waals surface area contributed by atoms with Crippen molar-refractivity contribution in [3.63, 3.8) is 0 Å². The minimum atomic E-state index is -0.363. The molecule has 1 aliphatic rings. The molecule has 0 radical (unpaired) electrons. The highest BCUT2D eigenvalue weighted by atomic mass is 16.5. The van der Waals surface area contributed by atoms with Gasteiger partial charge in [-0.15, -0.1) is 0 Å². The molecule has 6 nitrogen and oxygen atoms in total. The summed E-state index contributed by atoms with van der Waals surface area (Å²) in [4.78, 5) is 14.5. The lowest BCUT2D eigenvalue weighted by atomic mass is 9.62. The molecule has 1 aliphatic carbocycles. The third-order valence-electron chi connectivity index (χ3n) is 7.15. The van der Waals surface area contributed by atoms with Crippen molar-refractivity contribution in [1.82, 2.24) is 9.55 Å². The van der Waals surface area contributed by atoms with Crippen molar-refractivity contribution in [2.24, 2.45) is 0 Å². The zero-order chi connectivity index (χ0) is 24.1. The number of aromatic nitrogens is 2. The van der Waals surface area contributed by atoms with Crippen molar-refractivity contribution >= 4 is 0 Å². The maximum Gasteiger partial charge on any atom is 0.328 e. The molecule has 4 rings (SSSR count). The lowest BCUT2D eigenvalue weighted by Crippen LogP contribution is -2.34. The molecule has 1 aromatic heterocycles. The van der Waals surface area contributed by atoms with Crippen LogP contribution < -0.4 is 15.2 Å². The van der Waals surface area contributed by atoms with Crippen LogP contribution >= 0.6 is 0 Å². The summed E-state index contributed by atoms with van der Waals surface area (Å²) in [7, 11) is 3.27. The van der Waals surface area contributed by atoms with Crippen LogP contribution in [0.2, 0.25) is 0 Å². The van der Waals surface area contributed by atoms with Gasteiger partial charge in [-0.3, -0.25) is 9.55 Å². The molecule has 6 heteroatoms. The first kappa shape index (κ1) is 23.0. The molecular weight excluding hydrogens is 416 g/mol. The third-order valence-corrected chi connectivity index (χ3v) is 7.15. The summed E-state index contributed by atoms with van der Waals surface area (Å²) in [5, 5.41) is 9.65. The number of rotatable bonds is 5. The van der Waals surface area contributed by atoms with Crippen molar-refractivity contribution < 1.29 is 14.6 Å². The number of methoxy groups -OCH3 is 2. The largest absolute Gasteiger partial charge is 0.493 e. The Balaban J connectivity index is 1.93. The number of hydrogen-bond acceptors (Lipinski definition) is 4. The normalized spacial score (nSPS) is 16.3. The standard InChI is InChI=1S/C27H34N2O4/c1-16-10-20-21(27(4,5)9-8-26(20,2)3)13-18(16)19-11-17(12-22(32-6)24(19)33-7)14-29-15-23(30)28-25(29)31/h10-13,15,30H,8-9,14H2,1-7H3,(H,28,31). The van der Waals surface area contributed by atoms with Gasteiger partial charge >= 0.3 is 5.69 Å². The fraction of sp³-hybridized carbons (Fsp3) is 0.444. The summed E-state index contributed by atoms with van der Waals surface area (Å²) in [5.41, 5.74) is 6.72. The van der Waals surface area contributed by atoms with Gasteiger partial charge in [0.15, 0.2) is 11.5 Å². The summed E-state index contributed by atoms with van der Waals surface area (Å²) in [5.74, 6) is 1.12. The van der Waals surface area contributed by atoms with Crippen LogP contribution in [-0.2, 0) is 17.4 Å². The predicted molar refractivity (Wildman–Crippen MR) is 131 cm³/mol. The molecular formula is C27H34N2O4. The Hall–Kier alpha value is -3.15. The van der Waals surface area contributed by atoms with Crippen molar-refractivity contribution in [2.75, 3.05) is 14.2 Å². The molecule has 0 amide bonds. The van der Waals surface area contributed by atoms with E-state index in [1.54, 1.807) is 14.2 Å². The monoisotopic (exact) mass is 450 g/mol. The number of imidazole rings is 1. The summed E-state index contributed by atoms with van der Waals surface area (Å²) in [6, 6.07) is 8.58. The van der Waals surface area contributed by atoms with Gasteiger partial charge in [-0.1, -0.05) is 33.8 Å². The Morgan fingerprint density at radius 3 is 2.15 bits per heavy atom. The maximum absolute atomic E-state index is 12.1. The number of benzene rings is 2. The molecule has 2 aromatic carbocycles. The second kappa shape index (κ2) is 8.01. The first-order chi connectivity index (χ1) is 15.5. The predicted octanol–water partition coefficient (Wildman–Crippen LogP) is 5.27. The minimum absolute atomic E-state index is 0.0815. The van der Waals surface area contributed by atoms with Crippen molar-refractivity contribution in [1.29, 1.82) is 0 Å². The van der Waals surface area contributed by atoms with Crippen LogP contribution in [0.5, 0.6) is 17.4 Å². The van der Waals surface area contributed by atoms with Crippen LogP contribution in [0.4, 0.5) is 0 Å². The number of ether oxygens (including phenoxy) is 2. The first-order valence-corrected chi connectivity index (χ1v) is 11.4. The number of aromatic hydroxyl groups is 1. The van der Waals surface area contributed by atoms with E-state index in [9.17, 15) is 9.90 Å². The first-order valence-electron chi connectivity index (χ1n) is 11.4. The smallest absolute Gasteiger partial charge is 0.328 e. The Morgan fingerprint density at radius 2 is 1.61 bits per heavy atom. The molecule has 0 saturated heterocycles. The number of hydrogen-bond donors (Lipinski definition) is 2. The Labute approximate surface area is 195 Å². The quantitative estimate of drug-likeness (QED) is 0.555. The highest BCUT2D eigenvalue weighted by Crippen LogP contribution is 2.49.